The minimum Gasteiger partial charge on any atom is -0.297 e. The molecule has 3 rings (SSSR count). The van der Waals surface area contributed by atoms with Gasteiger partial charge < -0.3 is 0 Å². The summed E-state index contributed by atoms with van der Waals surface area (Å²) < 4.78 is 3.33. The SMILES string of the molecule is Cn1cc(CCn2cnc3cccnc3c2=O)cn1. The maximum atomic E-state index is 12.2. The number of nitrogens with zero attached hydrogens (tertiary/aromatic N) is 5. The summed E-state index contributed by atoms with van der Waals surface area (Å²) in [5.74, 6) is 0. The van der Waals surface area contributed by atoms with E-state index in [9.17, 15) is 4.79 Å². The molecule has 6 heteroatoms. The van der Waals surface area contributed by atoms with Crippen LogP contribution in [0.15, 0.2) is 41.8 Å². The minimum atomic E-state index is -0.102. The van der Waals surface area contributed by atoms with Crippen LogP contribution in [0.4, 0.5) is 0 Å². The molecule has 0 N–H and O–H groups in total. The third-order valence-electron chi connectivity index (χ3n) is 2.99. The highest BCUT2D eigenvalue weighted by Crippen LogP contribution is 2.03. The maximum absolute atomic E-state index is 12.2. The molecular weight excluding hydrogens is 242 g/mol. The van der Waals surface area contributed by atoms with Crippen LogP contribution in [0.2, 0.25) is 0 Å². The number of fused-ring (bicyclic) bond motifs is 1. The molecule has 3 aromatic heterocycles. The van der Waals surface area contributed by atoms with Crippen LogP contribution >= 0.6 is 0 Å². The highest BCUT2D eigenvalue weighted by Gasteiger charge is 2.05. The van der Waals surface area contributed by atoms with Crippen LogP contribution in [-0.4, -0.2) is 24.3 Å². The lowest BCUT2D eigenvalue weighted by Crippen LogP contribution is -2.22. The molecule has 0 aromatic carbocycles. The van der Waals surface area contributed by atoms with E-state index in [-0.39, 0.29) is 5.56 Å². The number of hydrogen-bond donors (Lipinski definition) is 0. The number of rotatable bonds is 3. The molecule has 0 aliphatic heterocycles. The Labute approximate surface area is 109 Å². The predicted molar refractivity (Wildman–Crippen MR) is 70.7 cm³/mol. The fraction of sp³-hybridized carbons (Fsp3) is 0.231. The van der Waals surface area contributed by atoms with E-state index in [0.29, 0.717) is 17.6 Å². The average Bonchev–Trinajstić information content (AvgIpc) is 2.84. The van der Waals surface area contributed by atoms with Crippen LogP contribution in [-0.2, 0) is 20.0 Å². The first-order valence-corrected chi connectivity index (χ1v) is 6.02. The Hall–Kier alpha value is -2.50. The summed E-state index contributed by atoms with van der Waals surface area (Å²) in [7, 11) is 1.87. The first-order valence-electron chi connectivity index (χ1n) is 6.02. The van der Waals surface area contributed by atoms with E-state index in [2.05, 4.69) is 15.1 Å². The highest BCUT2D eigenvalue weighted by molar-refractivity contribution is 5.71. The second-order valence-corrected chi connectivity index (χ2v) is 4.39. The van der Waals surface area contributed by atoms with Gasteiger partial charge in [-0.2, -0.15) is 5.10 Å². The van der Waals surface area contributed by atoms with Gasteiger partial charge in [0.25, 0.3) is 5.56 Å². The Balaban J connectivity index is 1.89. The summed E-state index contributed by atoms with van der Waals surface area (Å²) in [6.07, 6.45) is 7.67. The van der Waals surface area contributed by atoms with Gasteiger partial charge in [0, 0.05) is 26.0 Å². The summed E-state index contributed by atoms with van der Waals surface area (Å²) in [5, 5.41) is 4.10. The standard InChI is InChI=1S/C13H13N5O/c1-17-8-10(7-16-17)4-6-18-9-15-11-3-2-5-14-12(11)13(18)19/h2-3,5,7-9H,4,6H2,1H3. The molecule has 0 aliphatic carbocycles. The lowest BCUT2D eigenvalue weighted by atomic mass is 10.2. The van der Waals surface area contributed by atoms with Crippen molar-refractivity contribution in [2.45, 2.75) is 13.0 Å². The van der Waals surface area contributed by atoms with Crippen LogP contribution in [0.3, 0.4) is 0 Å². The van der Waals surface area contributed by atoms with Crippen molar-refractivity contribution >= 4 is 11.0 Å². The Bertz CT molecular complexity index is 774. The van der Waals surface area contributed by atoms with E-state index in [1.54, 1.807) is 40.1 Å². The van der Waals surface area contributed by atoms with Crippen molar-refractivity contribution in [1.29, 1.82) is 0 Å². The third-order valence-corrected chi connectivity index (χ3v) is 2.99. The molecule has 19 heavy (non-hydrogen) atoms. The van der Waals surface area contributed by atoms with Gasteiger partial charge in [0.2, 0.25) is 0 Å². The largest absolute Gasteiger partial charge is 0.297 e. The Kier molecular flexibility index (Phi) is 2.83. The van der Waals surface area contributed by atoms with Gasteiger partial charge in [-0.3, -0.25) is 14.0 Å². The number of aryl methyl sites for hydroxylation is 3. The molecule has 0 spiro atoms. The molecule has 6 nitrogen and oxygen atoms in total. The van der Waals surface area contributed by atoms with Crippen molar-refractivity contribution in [2.24, 2.45) is 7.05 Å². The molecule has 3 aromatic rings. The van der Waals surface area contributed by atoms with Gasteiger partial charge in [0.15, 0.2) is 5.52 Å². The van der Waals surface area contributed by atoms with Crippen molar-refractivity contribution in [2.75, 3.05) is 0 Å². The smallest absolute Gasteiger partial charge is 0.279 e. The summed E-state index contributed by atoms with van der Waals surface area (Å²) >= 11 is 0. The van der Waals surface area contributed by atoms with Crippen molar-refractivity contribution in [3.05, 3.63) is 53.0 Å². The van der Waals surface area contributed by atoms with Gasteiger partial charge >= 0.3 is 0 Å². The van der Waals surface area contributed by atoms with Crippen LogP contribution in [0.1, 0.15) is 5.56 Å². The second kappa shape index (κ2) is 4.64. The van der Waals surface area contributed by atoms with Crippen LogP contribution in [0, 0.1) is 0 Å². The third kappa shape index (κ3) is 2.24. The Morgan fingerprint density at radius 1 is 1.32 bits per heavy atom. The minimum absolute atomic E-state index is 0.102. The summed E-state index contributed by atoms with van der Waals surface area (Å²) in [4.78, 5) is 20.5. The van der Waals surface area contributed by atoms with E-state index in [1.165, 1.54) is 0 Å². The van der Waals surface area contributed by atoms with E-state index in [0.717, 1.165) is 12.0 Å². The number of pyridine rings is 1. The number of aromatic nitrogens is 5. The zero-order valence-corrected chi connectivity index (χ0v) is 10.5. The van der Waals surface area contributed by atoms with Crippen LogP contribution in [0.5, 0.6) is 0 Å². The van der Waals surface area contributed by atoms with Gasteiger partial charge in [-0.25, -0.2) is 9.97 Å². The molecule has 0 radical (unpaired) electrons. The molecule has 0 unspecified atom stereocenters. The van der Waals surface area contributed by atoms with Crippen molar-refractivity contribution in [3.63, 3.8) is 0 Å². The van der Waals surface area contributed by atoms with Gasteiger partial charge in [0.05, 0.1) is 18.0 Å². The zero-order valence-electron chi connectivity index (χ0n) is 10.5. The fourth-order valence-electron chi connectivity index (χ4n) is 2.00. The van der Waals surface area contributed by atoms with Gasteiger partial charge in [0.1, 0.15) is 0 Å². The fourth-order valence-corrected chi connectivity index (χ4v) is 2.00. The van der Waals surface area contributed by atoms with Gasteiger partial charge in [-0.15, -0.1) is 0 Å². The Morgan fingerprint density at radius 2 is 2.21 bits per heavy atom. The van der Waals surface area contributed by atoms with Crippen LogP contribution in [0.25, 0.3) is 11.0 Å². The summed E-state index contributed by atoms with van der Waals surface area (Å²) in [5.41, 5.74) is 2.03. The average molecular weight is 255 g/mol. The molecule has 0 fully saturated rings. The topological polar surface area (TPSA) is 65.6 Å². The molecule has 0 saturated heterocycles. The maximum Gasteiger partial charge on any atom is 0.279 e. The zero-order chi connectivity index (χ0) is 13.2. The normalized spacial score (nSPS) is 11.0. The molecule has 0 bridgehead atoms. The Morgan fingerprint density at radius 3 is 3.00 bits per heavy atom. The first kappa shape index (κ1) is 11.6. The molecule has 0 aliphatic rings. The van der Waals surface area contributed by atoms with E-state index in [1.807, 2.05) is 13.2 Å². The monoisotopic (exact) mass is 255 g/mol. The molecule has 0 saturated carbocycles. The molecular formula is C13H13N5O. The van der Waals surface area contributed by atoms with E-state index >= 15 is 0 Å². The van der Waals surface area contributed by atoms with Crippen LogP contribution < -0.4 is 5.56 Å². The van der Waals surface area contributed by atoms with E-state index in [4.69, 9.17) is 0 Å². The summed E-state index contributed by atoms with van der Waals surface area (Å²) in [6, 6.07) is 3.56. The van der Waals surface area contributed by atoms with E-state index < -0.39 is 0 Å². The van der Waals surface area contributed by atoms with Gasteiger partial charge in [-0.1, -0.05) is 0 Å². The highest BCUT2D eigenvalue weighted by atomic mass is 16.1. The molecule has 3 heterocycles. The lowest BCUT2D eigenvalue weighted by molar-refractivity contribution is 0.660. The first-order chi connectivity index (χ1) is 9.24. The predicted octanol–water partition coefficient (Wildman–Crippen LogP) is 0.768. The molecule has 0 amide bonds. The quantitative estimate of drug-likeness (QED) is 0.693. The molecule has 0 atom stereocenters. The summed E-state index contributed by atoms with van der Waals surface area (Å²) in [6.45, 7) is 0.573. The number of hydrogen-bond acceptors (Lipinski definition) is 4. The van der Waals surface area contributed by atoms with Gasteiger partial charge in [-0.05, 0) is 24.1 Å². The second-order valence-electron chi connectivity index (χ2n) is 4.39. The lowest BCUT2D eigenvalue weighted by Gasteiger charge is -2.04. The molecule has 96 valence electrons. The van der Waals surface area contributed by atoms with Crippen molar-refractivity contribution in [1.82, 2.24) is 24.3 Å². The van der Waals surface area contributed by atoms with Crippen molar-refractivity contribution < 1.29 is 0 Å². The van der Waals surface area contributed by atoms with Crippen molar-refractivity contribution in [3.8, 4) is 0 Å².